The summed E-state index contributed by atoms with van der Waals surface area (Å²) in [4.78, 5) is 92.9. The van der Waals surface area contributed by atoms with Crippen LogP contribution in [0.5, 0.6) is 11.5 Å². The molecule has 9 heterocycles. The molecule has 4 aliphatic rings. The number of aromatic nitrogens is 6. The van der Waals surface area contributed by atoms with Crippen LogP contribution in [0.2, 0.25) is 10.0 Å². The number of rotatable bonds is 11. The van der Waals surface area contributed by atoms with Gasteiger partial charge in [-0.3, -0.25) is 42.6 Å². The summed E-state index contributed by atoms with van der Waals surface area (Å²) < 4.78 is 43.9. The first-order valence-corrected chi connectivity index (χ1v) is 24.9. The molecule has 7 aromatic rings. The van der Waals surface area contributed by atoms with E-state index < -0.39 is 52.6 Å². The first-order chi connectivity index (χ1) is 36.3. The minimum absolute atomic E-state index is 0.0460. The molecule has 24 heteroatoms. The second-order valence-corrected chi connectivity index (χ2v) is 20.3. The van der Waals surface area contributed by atoms with Crippen molar-refractivity contribution in [1.29, 1.82) is 0 Å². The lowest BCUT2D eigenvalue weighted by atomic mass is 9.99. The molecule has 2 aromatic carbocycles. The van der Waals surface area contributed by atoms with E-state index in [9.17, 15) is 37.5 Å². The van der Waals surface area contributed by atoms with Gasteiger partial charge in [-0.05, 0) is 61.4 Å². The van der Waals surface area contributed by atoms with E-state index in [4.69, 9.17) is 32.7 Å². The number of likely N-dealkylation sites (tertiary alicyclic amines) is 2. The van der Waals surface area contributed by atoms with Crippen LogP contribution in [0.3, 0.4) is 0 Å². The fourth-order valence-corrected chi connectivity index (χ4v) is 9.67. The minimum Gasteiger partial charge on any atom is -0.489 e. The number of nitrogens with zero attached hydrogens (tertiary/aromatic N) is 9. The molecule has 0 saturated carbocycles. The lowest BCUT2D eigenvalue weighted by Gasteiger charge is -2.42. The maximum atomic E-state index is 14.1. The average Bonchev–Trinajstić information content (AvgIpc) is 3.83. The number of anilines is 3. The molecule has 0 aliphatic carbocycles. The van der Waals surface area contributed by atoms with Crippen molar-refractivity contribution in [1.82, 2.24) is 49.3 Å². The highest BCUT2D eigenvalue weighted by Crippen LogP contribution is 2.41. The number of hydrogen-bond donors (Lipinski definition) is 3. The normalized spacial score (nSPS) is 15.9. The Hall–Kier alpha value is -8.11. The standard InChI is InChI=1S/C28H27ClFN7O4.C24H23ClFN5O4/c1-28(30)15-35(16-28)23(38)14-37-25-20(9-21(27(37)40)26(39)32-10-17-3-5-18(29)6-4-17)24-22(12-31-25)36(7-8-41-24)19-11-33-34(2)13-19;1-24(26)12-30(13-24)19(32)11-31-21-16(20-18(10-28-21)27-6-7-35-20)8-17(23(31)34)22(33)29-9-14-2-4-15(25)5-3-14/h3-6,9,11-13H,7-8,10,14-16H2,1-2H3,(H,32,39);2-5,8,10,27H,6-7,9,11-13H2,1H3,(H,29,33). The number of carbonyl (C=O) groups excluding carboxylic acids is 4. The van der Waals surface area contributed by atoms with Gasteiger partial charge in [0.05, 0.1) is 73.5 Å². The predicted molar refractivity (Wildman–Crippen MR) is 279 cm³/mol. The highest BCUT2D eigenvalue weighted by molar-refractivity contribution is 6.30. The summed E-state index contributed by atoms with van der Waals surface area (Å²) >= 11 is 11.9. The first-order valence-electron chi connectivity index (χ1n) is 24.2. The topological polar surface area (TPSA) is 220 Å². The van der Waals surface area contributed by atoms with Gasteiger partial charge in [-0.1, -0.05) is 47.5 Å². The zero-order valence-electron chi connectivity index (χ0n) is 41.4. The number of aryl methyl sites for hydroxylation is 1. The Labute approximate surface area is 442 Å². The van der Waals surface area contributed by atoms with E-state index >= 15 is 0 Å². The summed E-state index contributed by atoms with van der Waals surface area (Å²) in [5.41, 5.74) is -0.492. The van der Waals surface area contributed by atoms with Crippen molar-refractivity contribution in [3.05, 3.63) is 138 Å². The van der Waals surface area contributed by atoms with Gasteiger partial charge in [0, 0.05) is 42.9 Å². The minimum atomic E-state index is -1.47. The fraction of sp³-hybridized carbons (Fsp3) is 0.327. The average molecular weight is 1080 g/mol. The van der Waals surface area contributed by atoms with Gasteiger partial charge in [0.15, 0.2) is 11.5 Å². The Bertz CT molecular complexity index is 3570. The highest BCUT2D eigenvalue weighted by Gasteiger charge is 2.43. The van der Waals surface area contributed by atoms with Gasteiger partial charge in [-0.15, -0.1) is 0 Å². The summed E-state index contributed by atoms with van der Waals surface area (Å²) in [6.45, 7) is 4.04. The van der Waals surface area contributed by atoms with E-state index in [0.29, 0.717) is 70.0 Å². The Morgan fingerprint density at radius 2 is 1.18 bits per heavy atom. The number of benzene rings is 2. The van der Waals surface area contributed by atoms with Crippen LogP contribution in [0, 0.1) is 0 Å². The number of nitrogens with one attached hydrogen (secondary N) is 3. The van der Waals surface area contributed by atoms with Gasteiger partial charge in [-0.2, -0.15) is 5.10 Å². The number of alkyl halides is 2. The first kappa shape index (κ1) is 51.4. The van der Waals surface area contributed by atoms with Gasteiger partial charge < -0.3 is 40.1 Å². The summed E-state index contributed by atoms with van der Waals surface area (Å²) in [5.74, 6) is -1.21. The summed E-state index contributed by atoms with van der Waals surface area (Å²) in [6.07, 6.45) is 6.69. The molecule has 76 heavy (non-hydrogen) atoms. The van der Waals surface area contributed by atoms with E-state index in [-0.39, 0.29) is 68.2 Å². The van der Waals surface area contributed by atoms with Crippen LogP contribution in [0.25, 0.3) is 22.1 Å². The lowest BCUT2D eigenvalue weighted by Crippen LogP contribution is -2.60. The Kier molecular flexibility index (Phi) is 13.9. The molecule has 20 nitrogen and oxygen atoms in total. The van der Waals surface area contributed by atoms with Gasteiger partial charge in [0.1, 0.15) is 65.7 Å². The van der Waals surface area contributed by atoms with E-state index in [0.717, 1.165) is 25.9 Å². The molecule has 0 spiro atoms. The van der Waals surface area contributed by atoms with Crippen LogP contribution in [-0.4, -0.2) is 126 Å². The monoisotopic (exact) mass is 1080 g/mol. The molecule has 11 rings (SSSR count). The van der Waals surface area contributed by atoms with Crippen LogP contribution in [0.4, 0.5) is 25.8 Å². The van der Waals surface area contributed by atoms with Crippen LogP contribution in [0.1, 0.15) is 45.7 Å². The van der Waals surface area contributed by atoms with Crippen molar-refractivity contribution in [2.45, 2.75) is 51.4 Å². The smallest absolute Gasteiger partial charge is 0.265 e. The molecule has 394 valence electrons. The van der Waals surface area contributed by atoms with Crippen LogP contribution >= 0.6 is 23.2 Å². The second-order valence-electron chi connectivity index (χ2n) is 19.4. The number of pyridine rings is 4. The predicted octanol–water partition coefficient (Wildman–Crippen LogP) is 5.17. The molecular formula is C52H50Cl2F2N12O8. The molecule has 4 amide bonds. The van der Waals surface area contributed by atoms with Crippen LogP contribution in [-0.2, 0) is 42.8 Å². The van der Waals surface area contributed by atoms with Crippen LogP contribution in [0.15, 0.2) is 95.0 Å². The Morgan fingerprint density at radius 3 is 1.67 bits per heavy atom. The second kappa shape index (κ2) is 20.5. The zero-order chi connectivity index (χ0) is 53.6. The molecule has 2 saturated heterocycles. The summed E-state index contributed by atoms with van der Waals surface area (Å²) in [5, 5.41) is 14.9. The summed E-state index contributed by atoms with van der Waals surface area (Å²) in [7, 11) is 1.82. The zero-order valence-corrected chi connectivity index (χ0v) is 42.9. The third kappa shape index (κ3) is 10.6. The number of halogens is 4. The molecule has 0 unspecified atom stereocenters. The van der Waals surface area contributed by atoms with Gasteiger partial charge in [-0.25, -0.2) is 18.7 Å². The third-order valence-corrected chi connectivity index (χ3v) is 13.7. The molecule has 0 radical (unpaired) electrons. The molecule has 2 fully saturated rings. The highest BCUT2D eigenvalue weighted by atomic mass is 35.5. The third-order valence-electron chi connectivity index (χ3n) is 13.2. The molecule has 0 atom stereocenters. The maximum Gasteiger partial charge on any atom is 0.265 e. The van der Waals surface area contributed by atoms with E-state index in [1.165, 1.54) is 42.0 Å². The largest absolute Gasteiger partial charge is 0.489 e. The Morgan fingerprint density at radius 1 is 0.697 bits per heavy atom. The number of fused-ring (bicyclic) bond motifs is 6. The quantitative estimate of drug-likeness (QED) is 0.153. The van der Waals surface area contributed by atoms with Crippen LogP contribution < -0.4 is 41.4 Å². The van der Waals surface area contributed by atoms with Gasteiger partial charge >= 0.3 is 0 Å². The number of hydrogen-bond acceptors (Lipinski definition) is 13. The molecule has 5 aromatic heterocycles. The van der Waals surface area contributed by atoms with E-state index in [2.05, 4.69) is 31.0 Å². The maximum absolute atomic E-state index is 14.1. The molecular weight excluding hydrogens is 1030 g/mol. The van der Waals surface area contributed by atoms with Crippen molar-refractivity contribution >= 4 is 86.0 Å². The van der Waals surface area contributed by atoms with Gasteiger partial charge in [0.2, 0.25) is 11.8 Å². The lowest BCUT2D eigenvalue weighted by molar-refractivity contribution is -0.145. The van der Waals surface area contributed by atoms with Crippen molar-refractivity contribution < 1.29 is 37.4 Å². The molecule has 3 N–H and O–H groups in total. The SMILES string of the molecule is CC1(F)CN(C(=O)Cn2c(=O)c(C(=O)NCc3ccc(Cl)cc3)cc3c4c(cnc32)NCCO4)C1.Cn1cc(N2CCOc3c2cnc2c3cc(C(=O)NCc3ccc(Cl)cc3)c(=O)n2CC(=O)N2CC(C)(F)C2)cn1. The van der Waals surface area contributed by atoms with Crippen molar-refractivity contribution in [3.63, 3.8) is 0 Å². The van der Waals surface area contributed by atoms with Crippen molar-refractivity contribution in [2.24, 2.45) is 7.05 Å². The number of ether oxygens (including phenoxy) is 2. The summed E-state index contributed by atoms with van der Waals surface area (Å²) in [6, 6.07) is 16.8. The van der Waals surface area contributed by atoms with Crippen molar-refractivity contribution in [3.8, 4) is 11.5 Å². The van der Waals surface area contributed by atoms with E-state index in [1.54, 1.807) is 65.6 Å². The Balaban J connectivity index is 0.000000175. The number of amides is 4. The molecule has 4 aliphatic heterocycles. The van der Waals surface area contributed by atoms with E-state index in [1.807, 2.05) is 18.1 Å². The number of carbonyl (C=O) groups is 4. The van der Waals surface area contributed by atoms with Crippen molar-refractivity contribution in [2.75, 3.05) is 62.7 Å². The fourth-order valence-electron chi connectivity index (χ4n) is 9.42. The van der Waals surface area contributed by atoms with Gasteiger partial charge in [0.25, 0.3) is 22.9 Å². The molecule has 0 bridgehead atoms.